The van der Waals surface area contributed by atoms with E-state index in [0.29, 0.717) is 23.5 Å². The van der Waals surface area contributed by atoms with Crippen molar-refractivity contribution < 1.29 is 19.1 Å². The molecule has 2 N–H and O–H groups in total. The molecule has 0 spiro atoms. The first kappa shape index (κ1) is 22.8. The van der Waals surface area contributed by atoms with Gasteiger partial charge in [0.2, 0.25) is 0 Å². The van der Waals surface area contributed by atoms with Crippen LogP contribution in [0, 0.1) is 6.92 Å². The van der Waals surface area contributed by atoms with Crippen molar-refractivity contribution in [2.24, 2.45) is 0 Å². The largest absolute Gasteiger partial charge is 0.481 e. The molecule has 7 heteroatoms. The van der Waals surface area contributed by atoms with Crippen LogP contribution in [0.2, 0.25) is 0 Å². The second kappa shape index (κ2) is 11.5. The van der Waals surface area contributed by atoms with Gasteiger partial charge in [-0.3, -0.25) is 14.5 Å². The van der Waals surface area contributed by atoms with Crippen molar-refractivity contribution in [1.82, 2.24) is 10.2 Å². The first-order valence-corrected chi connectivity index (χ1v) is 10.7. The number of hydrogen-bond donors (Lipinski definition) is 2. The Hall–Kier alpha value is -2.90. The first-order valence-electron chi connectivity index (χ1n) is 10.7. The van der Waals surface area contributed by atoms with Crippen LogP contribution >= 0.6 is 0 Å². The van der Waals surface area contributed by atoms with Crippen LogP contribution in [0.4, 0.5) is 5.69 Å². The smallest absolute Gasteiger partial charge is 0.265 e. The molecule has 0 saturated carbocycles. The molecule has 31 heavy (non-hydrogen) atoms. The number of anilines is 1. The van der Waals surface area contributed by atoms with Crippen LogP contribution in [0.1, 0.15) is 29.3 Å². The van der Waals surface area contributed by atoms with Gasteiger partial charge in [0, 0.05) is 19.6 Å². The van der Waals surface area contributed by atoms with Crippen molar-refractivity contribution in [3.8, 4) is 5.75 Å². The Kier molecular flexibility index (Phi) is 8.44. The number of hydrogen-bond acceptors (Lipinski definition) is 5. The Morgan fingerprint density at radius 1 is 1.13 bits per heavy atom. The van der Waals surface area contributed by atoms with Gasteiger partial charge in [-0.25, -0.2) is 0 Å². The van der Waals surface area contributed by atoms with Crippen molar-refractivity contribution in [2.45, 2.75) is 26.4 Å². The summed E-state index contributed by atoms with van der Waals surface area (Å²) >= 11 is 0. The number of carbonyl (C=O) groups is 2. The molecule has 2 amide bonds. The number of amides is 2. The third kappa shape index (κ3) is 7.08. The van der Waals surface area contributed by atoms with E-state index in [4.69, 9.17) is 9.47 Å². The Labute approximate surface area is 183 Å². The van der Waals surface area contributed by atoms with Crippen molar-refractivity contribution >= 4 is 17.5 Å². The predicted octanol–water partition coefficient (Wildman–Crippen LogP) is 2.85. The number of nitrogens with zero attached hydrogens (tertiary/aromatic N) is 1. The minimum Gasteiger partial charge on any atom is -0.481 e. The number of carbonyl (C=O) groups excluding carboxylic acids is 2. The van der Waals surface area contributed by atoms with E-state index in [1.165, 1.54) is 0 Å². The molecule has 1 fully saturated rings. The molecule has 2 aromatic rings. The minimum absolute atomic E-state index is 0.204. The predicted molar refractivity (Wildman–Crippen MR) is 121 cm³/mol. The van der Waals surface area contributed by atoms with E-state index in [-0.39, 0.29) is 11.8 Å². The van der Waals surface area contributed by atoms with E-state index in [1.807, 2.05) is 31.2 Å². The lowest BCUT2D eigenvalue weighted by Crippen LogP contribution is -2.38. The van der Waals surface area contributed by atoms with Crippen LogP contribution in [0.15, 0.2) is 48.5 Å². The molecular formula is C24H31N3O4. The van der Waals surface area contributed by atoms with Gasteiger partial charge in [0.1, 0.15) is 5.75 Å². The molecule has 7 nitrogen and oxygen atoms in total. The zero-order valence-corrected chi connectivity index (χ0v) is 18.2. The number of benzene rings is 2. The zero-order valence-electron chi connectivity index (χ0n) is 18.2. The maximum absolute atomic E-state index is 12.7. The van der Waals surface area contributed by atoms with Gasteiger partial charge >= 0.3 is 0 Å². The summed E-state index contributed by atoms with van der Waals surface area (Å²) < 4.78 is 11.1. The average molecular weight is 426 g/mol. The standard InChI is InChI=1S/C24H31N3O4/c1-18-7-5-8-20(17-18)31-19(2)23(28)26-22-10-4-3-9-21(22)24(29)25-11-6-12-27-13-15-30-16-14-27/h3-5,7-10,17,19H,6,11-16H2,1-2H3,(H,25,29)(H,26,28)/t19-/m1/s1. The van der Waals surface area contributed by atoms with Crippen LogP contribution in [0.3, 0.4) is 0 Å². The fourth-order valence-electron chi connectivity index (χ4n) is 3.40. The Morgan fingerprint density at radius 3 is 2.68 bits per heavy atom. The molecule has 166 valence electrons. The first-order chi connectivity index (χ1) is 15.0. The number of nitrogens with one attached hydrogen (secondary N) is 2. The molecule has 1 aliphatic rings. The third-order valence-corrected chi connectivity index (χ3v) is 5.14. The Balaban J connectivity index is 1.51. The Bertz CT molecular complexity index is 881. The number of morpholine rings is 1. The summed E-state index contributed by atoms with van der Waals surface area (Å²) in [4.78, 5) is 27.6. The van der Waals surface area contributed by atoms with Crippen LogP contribution in [0.25, 0.3) is 0 Å². The van der Waals surface area contributed by atoms with Gasteiger partial charge in [0.15, 0.2) is 6.10 Å². The van der Waals surface area contributed by atoms with E-state index >= 15 is 0 Å². The van der Waals surface area contributed by atoms with E-state index in [2.05, 4.69) is 15.5 Å². The quantitative estimate of drug-likeness (QED) is 0.604. The van der Waals surface area contributed by atoms with Crippen LogP contribution < -0.4 is 15.4 Å². The van der Waals surface area contributed by atoms with Gasteiger partial charge in [-0.15, -0.1) is 0 Å². The highest BCUT2D eigenvalue weighted by Crippen LogP contribution is 2.18. The van der Waals surface area contributed by atoms with Crippen LogP contribution in [0.5, 0.6) is 5.75 Å². The Morgan fingerprint density at radius 2 is 1.90 bits per heavy atom. The third-order valence-electron chi connectivity index (χ3n) is 5.14. The summed E-state index contributed by atoms with van der Waals surface area (Å²) in [7, 11) is 0. The van der Waals surface area contributed by atoms with E-state index in [0.717, 1.165) is 44.8 Å². The van der Waals surface area contributed by atoms with E-state index in [9.17, 15) is 9.59 Å². The van der Waals surface area contributed by atoms with Gasteiger partial charge in [-0.1, -0.05) is 24.3 Å². The summed E-state index contributed by atoms with van der Waals surface area (Å²) in [6.07, 6.45) is 0.160. The molecule has 1 saturated heterocycles. The normalized spacial score (nSPS) is 15.2. The second-order valence-corrected chi connectivity index (χ2v) is 7.67. The lowest BCUT2D eigenvalue weighted by atomic mass is 10.1. The molecule has 1 heterocycles. The highest BCUT2D eigenvalue weighted by molar-refractivity contribution is 6.04. The maximum Gasteiger partial charge on any atom is 0.265 e. The van der Waals surface area contributed by atoms with Crippen molar-refractivity contribution in [2.75, 3.05) is 44.7 Å². The molecule has 0 unspecified atom stereocenters. The second-order valence-electron chi connectivity index (χ2n) is 7.67. The van der Waals surface area contributed by atoms with Gasteiger partial charge < -0.3 is 20.1 Å². The van der Waals surface area contributed by atoms with Crippen molar-refractivity contribution in [3.05, 3.63) is 59.7 Å². The maximum atomic E-state index is 12.7. The van der Waals surface area contributed by atoms with E-state index in [1.54, 1.807) is 31.2 Å². The van der Waals surface area contributed by atoms with Crippen LogP contribution in [-0.4, -0.2) is 62.2 Å². The molecule has 1 aliphatic heterocycles. The molecule has 1 atom stereocenters. The van der Waals surface area contributed by atoms with Gasteiger partial charge in [-0.05, 0) is 56.6 Å². The monoisotopic (exact) mass is 425 g/mol. The van der Waals surface area contributed by atoms with Gasteiger partial charge in [-0.2, -0.15) is 0 Å². The highest BCUT2D eigenvalue weighted by atomic mass is 16.5. The minimum atomic E-state index is -0.702. The molecule has 3 rings (SSSR count). The van der Waals surface area contributed by atoms with Crippen molar-refractivity contribution in [3.63, 3.8) is 0 Å². The van der Waals surface area contributed by atoms with Crippen molar-refractivity contribution in [1.29, 1.82) is 0 Å². The van der Waals surface area contributed by atoms with Gasteiger partial charge in [0.25, 0.3) is 11.8 Å². The summed E-state index contributed by atoms with van der Waals surface area (Å²) in [6, 6.07) is 14.5. The number of rotatable bonds is 9. The number of para-hydroxylation sites is 1. The molecule has 0 bridgehead atoms. The molecule has 0 aliphatic carbocycles. The lowest BCUT2D eigenvalue weighted by molar-refractivity contribution is -0.122. The summed E-state index contributed by atoms with van der Waals surface area (Å²) in [5.41, 5.74) is 1.96. The lowest BCUT2D eigenvalue weighted by Gasteiger charge is -2.26. The number of aryl methyl sites for hydroxylation is 1. The SMILES string of the molecule is Cc1cccc(O[C@H](C)C(=O)Nc2ccccc2C(=O)NCCCN2CCOCC2)c1. The van der Waals surface area contributed by atoms with Crippen LogP contribution in [-0.2, 0) is 9.53 Å². The number of ether oxygens (including phenoxy) is 2. The summed E-state index contributed by atoms with van der Waals surface area (Å²) in [6.45, 7) is 8.56. The topological polar surface area (TPSA) is 79.9 Å². The molecule has 0 aromatic heterocycles. The summed E-state index contributed by atoms with van der Waals surface area (Å²) in [5, 5.41) is 5.77. The summed E-state index contributed by atoms with van der Waals surface area (Å²) in [5.74, 6) is 0.119. The molecular weight excluding hydrogens is 394 g/mol. The zero-order chi connectivity index (χ0) is 22.1. The average Bonchev–Trinajstić information content (AvgIpc) is 2.77. The molecule has 0 radical (unpaired) electrons. The van der Waals surface area contributed by atoms with Gasteiger partial charge in [0.05, 0.1) is 24.5 Å². The van der Waals surface area contributed by atoms with E-state index < -0.39 is 6.10 Å². The fourth-order valence-corrected chi connectivity index (χ4v) is 3.40. The highest BCUT2D eigenvalue weighted by Gasteiger charge is 2.18. The fraction of sp³-hybridized carbons (Fsp3) is 0.417. The molecule has 2 aromatic carbocycles.